The minimum atomic E-state index is -1.14. The fourth-order valence-corrected chi connectivity index (χ4v) is 4.24. The second-order valence-electron chi connectivity index (χ2n) is 8.15. The molecule has 1 aromatic heterocycles. The molecule has 1 aliphatic rings. The third-order valence-electron chi connectivity index (χ3n) is 5.75. The summed E-state index contributed by atoms with van der Waals surface area (Å²) in [6, 6.07) is 13.0. The number of rotatable bonds is 5. The zero-order chi connectivity index (χ0) is 25.1. The van der Waals surface area contributed by atoms with Gasteiger partial charge in [0.1, 0.15) is 6.54 Å². The molecule has 0 spiro atoms. The Morgan fingerprint density at radius 2 is 1.94 bits per heavy atom. The lowest BCUT2D eigenvalue weighted by Gasteiger charge is -2.29. The molecule has 11 heteroatoms. The first-order chi connectivity index (χ1) is 16.8. The molecule has 0 saturated heterocycles. The highest BCUT2D eigenvalue weighted by Gasteiger charge is 2.32. The third-order valence-corrected chi connectivity index (χ3v) is 6.07. The summed E-state index contributed by atoms with van der Waals surface area (Å²) >= 11 is 6.52. The van der Waals surface area contributed by atoms with E-state index in [1.165, 1.54) is 4.90 Å². The Hall–Kier alpha value is -3.89. The number of hydrogen-bond donors (Lipinski definition) is 3. The van der Waals surface area contributed by atoms with E-state index in [0.29, 0.717) is 17.1 Å². The highest BCUT2D eigenvalue weighted by Crippen LogP contribution is 2.30. The minimum absolute atomic E-state index is 0.185. The van der Waals surface area contributed by atoms with Crippen molar-refractivity contribution >= 4 is 35.2 Å². The van der Waals surface area contributed by atoms with Crippen LogP contribution in [0, 0.1) is 0 Å². The highest BCUT2D eigenvalue weighted by molar-refractivity contribution is 6.34. The summed E-state index contributed by atoms with van der Waals surface area (Å²) in [6.45, 7) is 1.52. The van der Waals surface area contributed by atoms with Crippen LogP contribution >= 0.6 is 11.6 Å². The second kappa shape index (κ2) is 10.2. The fourth-order valence-electron chi connectivity index (χ4n) is 3.98. The topological polar surface area (TPSA) is 128 Å². The van der Waals surface area contributed by atoms with E-state index in [4.69, 9.17) is 16.7 Å². The maximum atomic E-state index is 13.7. The molecule has 3 amide bonds. The van der Waals surface area contributed by atoms with Gasteiger partial charge in [-0.15, -0.1) is 0 Å². The predicted molar refractivity (Wildman–Crippen MR) is 129 cm³/mol. The Kier molecular flexibility index (Phi) is 7.04. The first-order valence-corrected chi connectivity index (χ1v) is 11.3. The molecule has 3 aromatic rings. The van der Waals surface area contributed by atoms with Crippen LogP contribution in [-0.4, -0.2) is 61.9 Å². The molecule has 35 heavy (non-hydrogen) atoms. The van der Waals surface area contributed by atoms with Crippen molar-refractivity contribution in [3.05, 3.63) is 76.6 Å². The summed E-state index contributed by atoms with van der Waals surface area (Å²) in [5, 5.41) is 25.0. The Morgan fingerprint density at radius 3 is 2.63 bits per heavy atom. The van der Waals surface area contributed by atoms with Crippen LogP contribution in [0.3, 0.4) is 0 Å². The van der Waals surface area contributed by atoms with Gasteiger partial charge in [-0.3, -0.25) is 9.59 Å². The van der Waals surface area contributed by atoms with E-state index in [0.717, 1.165) is 5.56 Å². The van der Waals surface area contributed by atoms with Crippen LogP contribution in [0.15, 0.2) is 54.7 Å². The van der Waals surface area contributed by atoms with Crippen LogP contribution in [0.4, 0.5) is 10.5 Å². The average molecular weight is 498 g/mol. The lowest BCUT2D eigenvalue weighted by atomic mass is 10.1. The van der Waals surface area contributed by atoms with Crippen molar-refractivity contribution in [3.8, 4) is 5.69 Å². The van der Waals surface area contributed by atoms with Crippen LogP contribution in [0.2, 0.25) is 5.02 Å². The zero-order valence-electron chi connectivity index (χ0n) is 18.9. The first-order valence-electron chi connectivity index (χ1n) is 10.9. The average Bonchev–Trinajstić information content (AvgIpc) is 3.28. The quantitative estimate of drug-likeness (QED) is 0.497. The first kappa shape index (κ1) is 24.2. The molecule has 1 atom stereocenters. The minimum Gasteiger partial charge on any atom is -0.480 e. The van der Waals surface area contributed by atoms with Gasteiger partial charge in [-0.05, 0) is 42.8 Å². The van der Waals surface area contributed by atoms with E-state index in [2.05, 4.69) is 10.4 Å². The molecule has 182 valence electrons. The van der Waals surface area contributed by atoms with Gasteiger partial charge in [-0.25, -0.2) is 9.48 Å². The number of nitrogens with zero attached hydrogens (tertiary/aromatic N) is 4. The van der Waals surface area contributed by atoms with E-state index in [1.807, 2.05) is 18.2 Å². The van der Waals surface area contributed by atoms with Gasteiger partial charge in [0.05, 0.1) is 28.6 Å². The molecule has 0 bridgehead atoms. The molecular weight excluding hydrogens is 474 g/mol. The number of aliphatic carboxylic acids is 1. The number of para-hydroxylation sites is 1. The van der Waals surface area contributed by atoms with Gasteiger partial charge in [-0.2, -0.15) is 5.10 Å². The van der Waals surface area contributed by atoms with Crippen LogP contribution in [0.25, 0.3) is 5.69 Å². The summed E-state index contributed by atoms with van der Waals surface area (Å²) in [4.78, 5) is 40.3. The van der Waals surface area contributed by atoms with Crippen LogP contribution in [0.5, 0.6) is 0 Å². The van der Waals surface area contributed by atoms with Gasteiger partial charge < -0.3 is 25.3 Å². The maximum absolute atomic E-state index is 13.7. The number of carbonyl (C=O) groups is 3. The number of benzene rings is 2. The van der Waals surface area contributed by atoms with E-state index in [1.54, 1.807) is 53.0 Å². The van der Waals surface area contributed by atoms with E-state index >= 15 is 0 Å². The number of nitrogens with one attached hydrogen (secondary N) is 1. The van der Waals surface area contributed by atoms with Crippen molar-refractivity contribution in [1.82, 2.24) is 20.0 Å². The monoisotopic (exact) mass is 497 g/mol. The molecule has 4 rings (SSSR count). The van der Waals surface area contributed by atoms with E-state index < -0.39 is 24.6 Å². The number of aromatic nitrogens is 2. The number of aliphatic hydroxyl groups excluding tert-OH is 1. The number of carboxylic acid groups (broad SMARTS) is 1. The number of fused-ring (bicyclic) bond motifs is 1. The van der Waals surface area contributed by atoms with Gasteiger partial charge in [0.15, 0.2) is 0 Å². The lowest BCUT2D eigenvalue weighted by Crippen LogP contribution is -2.49. The van der Waals surface area contributed by atoms with Crippen LogP contribution in [0.1, 0.15) is 28.5 Å². The second-order valence-corrected chi connectivity index (χ2v) is 8.55. The molecule has 0 saturated carbocycles. The van der Waals surface area contributed by atoms with Crippen LogP contribution < -0.4 is 10.2 Å². The number of carbonyl (C=O) groups excluding carboxylic acids is 2. The Morgan fingerprint density at radius 1 is 1.17 bits per heavy atom. The molecule has 0 unspecified atom stereocenters. The number of aliphatic hydroxyl groups is 1. The number of halogens is 1. The van der Waals surface area contributed by atoms with Crippen molar-refractivity contribution in [2.45, 2.75) is 26.1 Å². The normalized spacial score (nSPS) is 15.3. The summed E-state index contributed by atoms with van der Waals surface area (Å²) in [5.41, 5.74) is 2.83. The Labute approximate surface area is 206 Å². The molecule has 2 aromatic carbocycles. The summed E-state index contributed by atoms with van der Waals surface area (Å²) in [5.74, 6) is -1.47. The van der Waals surface area contributed by atoms with Gasteiger partial charge in [0, 0.05) is 31.0 Å². The fraction of sp³-hybridized carbons (Fsp3) is 0.250. The summed E-state index contributed by atoms with van der Waals surface area (Å²) in [6.07, 6.45) is 1.69. The Balaban J connectivity index is 1.63. The number of amides is 3. The zero-order valence-corrected chi connectivity index (χ0v) is 19.6. The third kappa shape index (κ3) is 5.13. The summed E-state index contributed by atoms with van der Waals surface area (Å²) < 4.78 is 1.56. The van der Waals surface area contributed by atoms with E-state index in [9.17, 15) is 19.5 Å². The molecule has 1 aliphatic heterocycles. The van der Waals surface area contributed by atoms with Crippen molar-refractivity contribution in [3.63, 3.8) is 0 Å². The van der Waals surface area contributed by atoms with Crippen molar-refractivity contribution in [2.75, 3.05) is 18.0 Å². The number of urea groups is 1. The standard InChI is InChI=1S/C24H24ClN5O5/c1-15-12-29(21-5-3-2-4-16(21)13-28(15)24(35)26-11-22(32)33)23(34)19-7-6-18(10-20(19)25)30-9-8-17(14-31)27-30/h2-10,15,31H,11-14H2,1H3,(H,26,35)(H,32,33)/t15-/m1/s1. The largest absolute Gasteiger partial charge is 0.480 e. The number of carboxylic acids is 1. The van der Waals surface area contributed by atoms with Gasteiger partial charge in [-0.1, -0.05) is 29.8 Å². The number of anilines is 1. The van der Waals surface area contributed by atoms with Gasteiger partial charge >= 0.3 is 12.0 Å². The molecule has 0 fully saturated rings. The predicted octanol–water partition coefficient (Wildman–Crippen LogP) is 2.66. The van der Waals surface area contributed by atoms with Crippen LogP contribution in [-0.2, 0) is 17.9 Å². The maximum Gasteiger partial charge on any atom is 0.323 e. The lowest BCUT2D eigenvalue weighted by molar-refractivity contribution is -0.135. The molecular formula is C24H24ClN5O5. The molecule has 0 aliphatic carbocycles. The van der Waals surface area contributed by atoms with E-state index in [-0.39, 0.29) is 36.2 Å². The molecule has 0 radical (unpaired) electrons. The molecule has 2 heterocycles. The van der Waals surface area contributed by atoms with Gasteiger partial charge in [0.2, 0.25) is 0 Å². The number of hydrogen-bond acceptors (Lipinski definition) is 5. The Bertz CT molecular complexity index is 1280. The smallest absolute Gasteiger partial charge is 0.323 e. The van der Waals surface area contributed by atoms with Crippen molar-refractivity contribution in [2.24, 2.45) is 0 Å². The van der Waals surface area contributed by atoms with Crippen molar-refractivity contribution in [1.29, 1.82) is 0 Å². The highest BCUT2D eigenvalue weighted by atomic mass is 35.5. The SMILES string of the molecule is C[C@@H]1CN(C(=O)c2ccc(-n3ccc(CO)n3)cc2Cl)c2ccccc2CN1C(=O)NCC(=O)O. The van der Waals surface area contributed by atoms with Gasteiger partial charge in [0.25, 0.3) is 5.91 Å². The molecule has 3 N–H and O–H groups in total. The summed E-state index contributed by atoms with van der Waals surface area (Å²) in [7, 11) is 0. The van der Waals surface area contributed by atoms with Crippen molar-refractivity contribution < 1.29 is 24.6 Å². The molecule has 10 nitrogen and oxygen atoms in total.